The molecule has 21 heavy (non-hydrogen) atoms. The Bertz CT molecular complexity index is 509. The first-order valence-corrected chi connectivity index (χ1v) is 8.28. The van der Waals surface area contributed by atoms with Gasteiger partial charge in [0.15, 0.2) is 5.13 Å². The Morgan fingerprint density at radius 2 is 2.19 bits per heavy atom. The number of carbonyl (C=O) groups excluding carboxylic acids is 2. The van der Waals surface area contributed by atoms with Gasteiger partial charge < -0.3 is 10.2 Å². The molecule has 6 heteroatoms. The summed E-state index contributed by atoms with van der Waals surface area (Å²) in [7, 11) is 0. The lowest BCUT2D eigenvalue weighted by atomic mass is 10.1. The Morgan fingerprint density at radius 3 is 2.71 bits per heavy atom. The van der Waals surface area contributed by atoms with Crippen molar-refractivity contribution < 1.29 is 9.59 Å². The van der Waals surface area contributed by atoms with E-state index in [4.69, 9.17) is 0 Å². The van der Waals surface area contributed by atoms with Crippen molar-refractivity contribution in [2.75, 3.05) is 18.4 Å². The van der Waals surface area contributed by atoms with Crippen LogP contribution in [0, 0.1) is 18.8 Å². The Labute approximate surface area is 129 Å². The summed E-state index contributed by atoms with van der Waals surface area (Å²) in [6, 6.07) is 0. The minimum Gasteiger partial charge on any atom is -0.333 e. The van der Waals surface area contributed by atoms with Gasteiger partial charge in [-0.05, 0) is 32.1 Å². The molecule has 1 aliphatic rings. The lowest BCUT2D eigenvalue weighted by Gasteiger charge is -2.22. The van der Waals surface area contributed by atoms with Crippen LogP contribution in [0.3, 0.4) is 0 Å². The third kappa shape index (κ3) is 5.12. The molecule has 5 nitrogen and oxygen atoms in total. The van der Waals surface area contributed by atoms with Gasteiger partial charge in [-0.2, -0.15) is 0 Å². The first-order valence-electron chi connectivity index (χ1n) is 7.46. The van der Waals surface area contributed by atoms with E-state index in [0.29, 0.717) is 17.6 Å². The fourth-order valence-corrected chi connectivity index (χ4v) is 2.70. The van der Waals surface area contributed by atoms with Crippen LogP contribution < -0.4 is 5.32 Å². The summed E-state index contributed by atoms with van der Waals surface area (Å²) in [5, 5.41) is 3.37. The van der Waals surface area contributed by atoms with Crippen molar-refractivity contribution in [2.45, 2.75) is 40.0 Å². The highest BCUT2D eigenvalue weighted by atomic mass is 32.1. The standard InChI is InChI=1S/C15H23N3O2S/c1-10(2)6-7-18(14(20)12-4-5-12)9-13(19)17-15-16-8-11(3)21-15/h8,10,12H,4-7,9H2,1-3H3,(H,16,17,19). The number of hydrogen-bond acceptors (Lipinski definition) is 4. The normalized spacial score (nSPS) is 14.3. The van der Waals surface area contributed by atoms with Crippen LogP contribution in [-0.2, 0) is 9.59 Å². The first kappa shape index (κ1) is 15.9. The van der Waals surface area contributed by atoms with E-state index in [-0.39, 0.29) is 24.3 Å². The van der Waals surface area contributed by atoms with Gasteiger partial charge in [0.2, 0.25) is 11.8 Å². The molecular formula is C15H23N3O2S. The van der Waals surface area contributed by atoms with Crippen molar-refractivity contribution in [1.82, 2.24) is 9.88 Å². The molecule has 1 N–H and O–H groups in total. The quantitative estimate of drug-likeness (QED) is 0.842. The molecule has 2 amide bonds. The summed E-state index contributed by atoms with van der Waals surface area (Å²) < 4.78 is 0. The highest BCUT2D eigenvalue weighted by Crippen LogP contribution is 2.31. The van der Waals surface area contributed by atoms with E-state index in [1.54, 1.807) is 11.1 Å². The number of aromatic nitrogens is 1. The smallest absolute Gasteiger partial charge is 0.245 e. The van der Waals surface area contributed by atoms with Crippen LogP contribution in [0.5, 0.6) is 0 Å². The third-order valence-electron chi connectivity index (χ3n) is 3.42. The van der Waals surface area contributed by atoms with Gasteiger partial charge in [0.05, 0.1) is 6.54 Å². The van der Waals surface area contributed by atoms with Crippen molar-refractivity contribution in [3.05, 3.63) is 11.1 Å². The molecule has 0 radical (unpaired) electrons. The largest absolute Gasteiger partial charge is 0.333 e. The number of anilines is 1. The van der Waals surface area contributed by atoms with Gasteiger partial charge >= 0.3 is 0 Å². The van der Waals surface area contributed by atoms with E-state index < -0.39 is 0 Å². The molecule has 0 aliphatic heterocycles. The molecule has 1 aliphatic carbocycles. The number of rotatable bonds is 7. The maximum Gasteiger partial charge on any atom is 0.245 e. The van der Waals surface area contributed by atoms with Crippen molar-refractivity contribution in [3.8, 4) is 0 Å². The van der Waals surface area contributed by atoms with Crippen LogP contribution in [0.1, 0.15) is 38.0 Å². The molecule has 1 fully saturated rings. The van der Waals surface area contributed by atoms with Crippen LogP contribution in [-0.4, -0.2) is 34.8 Å². The van der Waals surface area contributed by atoms with Gasteiger partial charge in [-0.1, -0.05) is 13.8 Å². The molecular weight excluding hydrogens is 286 g/mol. The summed E-state index contributed by atoms with van der Waals surface area (Å²) in [4.78, 5) is 31.2. The zero-order valence-electron chi connectivity index (χ0n) is 12.9. The topological polar surface area (TPSA) is 62.3 Å². The molecule has 1 heterocycles. The number of aryl methyl sites for hydroxylation is 1. The van der Waals surface area contributed by atoms with Crippen molar-refractivity contribution in [2.24, 2.45) is 11.8 Å². The van der Waals surface area contributed by atoms with E-state index in [0.717, 1.165) is 24.1 Å². The predicted octanol–water partition coefficient (Wildman–Crippen LogP) is 2.67. The summed E-state index contributed by atoms with van der Waals surface area (Å²) in [6.07, 6.45) is 4.57. The maximum atomic E-state index is 12.2. The van der Waals surface area contributed by atoms with Crippen LogP contribution in [0.2, 0.25) is 0 Å². The second-order valence-electron chi connectivity index (χ2n) is 6.04. The SMILES string of the molecule is Cc1cnc(NC(=O)CN(CCC(C)C)C(=O)C2CC2)s1. The Hall–Kier alpha value is -1.43. The number of amides is 2. The number of nitrogens with zero attached hydrogens (tertiary/aromatic N) is 2. The average Bonchev–Trinajstić information content (AvgIpc) is 3.18. The molecule has 1 aromatic rings. The molecule has 0 unspecified atom stereocenters. The van der Waals surface area contributed by atoms with Gasteiger partial charge in [0.1, 0.15) is 0 Å². The van der Waals surface area contributed by atoms with Crippen molar-refractivity contribution in [3.63, 3.8) is 0 Å². The van der Waals surface area contributed by atoms with Crippen molar-refractivity contribution in [1.29, 1.82) is 0 Å². The highest BCUT2D eigenvalue weighted by Gasteiger charge is 2.34. The molecule has 1 saturated carbocycles. The highest BCUT2D eigenvalue weighted by molar-refractivity contribution is 7.15. The molecule has 0 atom stereocenters. The zero-order chi connectivity index (χ0) is 15.4. The average molecular weight is 309 g/mol. The van der Waals surface area contributed by atoms with Gasteiger partial charge in [0.25, 0.3) is 0 Å². The summed E-state index contributed by atoms with van der Waals surface area (Å²) in [5.41, 5.74) is 0. The van der Waals surface area contributed by atoms with E-state index >= 15 is 0 Å². The second-order valence-corrected chi connectivity index (χ2v) is 7.28. The summed E-state index contributed by atoms with van der Waals surface area (Å²) >= 11 is 1.44. The Kier molecular flexibility index (Phi) is 5.33. The zero-order valence-corrected chi connectivity index (χ0v) is 13.7. The molecule has 0 spiro atoms. The Morgan fingerprint density at radius 1 is 1.48 bits per heavy atom. The molecule has 116 valence electrons. The Balaban J connectivity index is 1.89. The maximum absolute atomic E-state index is 12.2. The number of thiazole rings is 1. The van der Waals surface area contributed by atoms with Crippen LogP contribution in [0.25, 0.3) is 0 Å². The molecule has 0 aromatic carbocycles. The number of nitrogens with one attached hydrogen (secondary N) is 1. The molecule has 2 rings (SSSR count). The van der Waals surface area contributed by atoms with Crippen LogP contribution in [0.4, 0.5) is 5.13 Å². The predicted molar refractivity (Wildman–Crippen MR) is 84.2 cm³/mol. The molecule has 0 saturated heterocycles. The third-order valence-corrected chi connectivity index (χ3v) is 4.24. The first-order chi connectivity index (χ1) is 9.95. The fourth-order valence-electron chi connectivity index (χ4n) is 2.01. The minimum atomic E-state index is -0.165. The molecule has 0 bridgehead atoms. The van der Waals surface area contributed by atoms with Crippen LogP contribution >= 0.6 is 11.3 Å². The lowest BCUT2D eigenvalue weighted by molar-refractivity contribution is -0.136. The van der Waals surface area contributed by atoms with E-state index in [9.17, 15) is 9.59 Å². The van der Waals surface area contributed by atoms with Crippen LogP contribution in [0.15, 0.2) is 6.20 Å². The van der Waals surface area contributed by atoms with Gasteiger partial charge in [-0.25, -0.2) is 4.98 Å². The second kappa shape index (κ2) is 7.02. The van der Waals surface area contributed by atoms with E-state index in [2.05, 4.69) is 24.1 Å². The monoisotopic (exact) mass is 309 g/mol. The molecule has 1 aromatic heterocycles. The lowest BCUT2D eigenvalue weighted by Crippen LogP contribution is -2.39. The fraction of sp³-hybridized carbons (Fsp3) is 0.667. The van der Waals surface area contributed by atoms with E-state index in [1.165, 1.54) is 11.3 Å². The van der Waals surface area contributed by atoms with Crippen molar-refractivity contribution >= 4 is 28.3 Å². The van der Waals surface area contributed by atoms with Gasteiger partial charge in [-0.3, -0.25) is 9.59 Å². The number of hydrogen-bond donors (Lipinski definition) is 1. The summed E-state index contributed by atoms with van der Waals surface area (Å²) in [5.74, 6) is 0.625. The van der Waals surface area contributed by atoms with Gasteiger partial charge in [0, 0.05) is 23.5 Å². The summed E-state index contributed by atoms with van der Waals surface area (Å²) in [6.45, 7) is 6.97. The van der Waals surface area contributed by atoms with Gasteiger partial charge in [-0.15, -0.1) is 11.3 Å². The minimum absolute atomic E-state index is 0.126. The van der Waals surface area contributed by atoms with E-state index in [1.807, 2.05) is 6.92 Å². The number of carbonyl (C=O) groups is 2.